The number of nitrogens with one attached hydrogen (secondary N) is 2. The van der Waals surface area contributed by atoms with E-state index in [-0.39, 0.29) is 22.0 Å². The Morgan fingerprint density at radius 3 is 2.86 bits per heavy atom. The van der Waals surface area contributed by atoms with Crippen LogP contribution >= 0.6 is 0 Å². The predicted octanol–water partition coefficient (Wildman–Crippen LogP) is 0.719. The van der Waals surface area contributed by atoms with Crippen LogP contribution < -0.4 is 5.32 Å². The van der Waals surface area contributed by atoms with Crippen molar-refractivity contribution in [2.45, 2.75) is 4.90 Å². The predicted molar refractivity (Wildman–Crippen MR) is 70.9 cm³/mol. The van der Waals surface area contributed by atoms with Gasteiger partial charge in [0.25, 0.3) is 0 Å². The molecule has 0 aliphatic rings. The first kappa shape index (κ1) is 14.6. The monoisotopic (exact) mass is 308 g/mol. The summed E-state index contributed by atoms with van der Waals surface area (Å²) in [7, 11) is -3.46. The van der Waals surface area contributed by atoms with Gasteiger partial charge in [-0.25, -0.2) is 12.8 Å². The normalized spacial score (nSPS) is 12.0. The summed E-state index contributed by atoms with van der Waals surface area (Å²) in [5.41, 5.74) is -0.0814. The van der Waals surface area contributed by atoms with Crippen molar-refractivity contribution >= 4 is 21.1 Å². The number of rotatable bonds is 4. The largest absolute Gasteiger partial charge is 0.358 e. The van der Waals surface area contributed by atoms with Gasteiger partial charge in [0, 0.05) is 12.5 Å². The van der Waals surface area contributed by atoms with Crippen molar-refractivity contribution < 1.29 is 12.8 Å². The van der Waals surface area contributed by atoms with Gasteiger partial charge in [-0.3, -0.25) is 0 Å². The maximum absolute atomic E-state index is 13.6. The third-order valence-corrected chi connectivity index (χ3v) is 3.55. The van der Waals surface area contributed by atoms with Gasteiger partial charge in [0.2, 0.25) is 5.82 Å². The van der Waals surface area contributed by atoms with Crippen LogP contribution in [-0.2, 0) is 9.84 Å². The minimum Gasteiger partial charge on any atom is -0.358 e. The molecule has 0 aliphatic carbocycles. The molecule has 0 amide bonds. The molecule has 0 spiro atoms. The van der Waals surface area contributed by atoms with Gasteiger partial charge in [-0.2, -0.15) is 10.5 Å². The van der Waals surface area contributed by atoms with Crippen molar-refractivity contribution in [2.75, 3.05) is 11.6 Å². The summed E-state index contributed by atoms with van der Waals surface area (Å²) in [6.07, 6.45) is 2.18. The molecule has 2 rings (SSSR count). The lowest BCUT2D eigenvalue weighted by atomic mass is 10.3. The van der Waals surface area contributed by atoms with Crippen LogP contribution in [0.3, 0.4) is 0 Å². The van der Waals surface area contributed by atoms with Crippen LogP contribution in [0, 0.1) is 17.1 Å². The maximum atomic E-state index is 13.6. The third kappa shape index (κ3) is 3.40. The van der Waals surface area contributed by atoms with E-state index in [1.807, 2.05) is 6.07 Å². The number of aromatic amines is 1. The Labute approximate surface area is 119 Å². The van der Waals surface area contributed by atoms with Gasteiger partial charge in [-0.05, 0) is 23.4 Å². The number of nitrogens with zero attached hydrogens (tertiary/aromatic N) is 4. The highest BCUT2D eigenvalue weighted by atomic mass is 32.2. The van der Waals surface area contributed by atoms with E-state index in [2.05, 4.69) is 25.9 Å². The van der Waals surface area contributed by atoms with E-state index in [1.54, 1.807) is 0 Å². The van der Waals surface area contributed by atoms with E-state index in [0.29, 0.717) is 0 Å². The second-order valence-corrected chi connectivity index (χ2v) is 5.98. The molecular weight excluding hydrogens is 299 g/mol. The average Bonchev–Trinajstić information content (AvgIpc) is 2.94. The number of halogens is 1. The molecule has 0 saturated heterocycles. The van der Waals surface area contributed by atoms with E-state index in [0.717, 1.165) is 30.7 Å². The van der Waals surface area contributed by atoms with Gasteiger partial charge in [-0.15, -0.1) is 10.2 Å². The van der Waals surface area contributed by atoms with E-state index in [9.17, 15) is 12.8 Å². The summed E-state index contributed by atoms with van der Waals surface area (Å²) in [5, 5.41) is 24.2. The molecule has 1 aromatic carbocycles. The first-order chi connectivity index (χ1) is 9.91. The Bertz CT molecular complexity index is 823. The smallest absolute Gasteiger partial charge is 0.216 e. The molecule has 0 aliphatic heterocycles. The lowest BCUT2D eigenvalue weighted by Gasteiger charge is -2.05. The number of tetrazole rings is 1. The van der Waals surface area contributed by atoms with Crippen LogP contribution in [0.5, 0.6) is 0 Å². The summed E-state index contributed by atoms with van der Waals surface area (Å²) in [6, 6.07) is 5.12. The minimum absolute atomic E-state index is 0.00732. The quantitative estimate of drug-likeness (QED) is 0.629. The zero-order valence-corrected chi connectivity index (χ0v) is 11.5. The van der Waals surface area contributed by atoms with Crippen LogP contribution in [0.2, 0.25) is 0 Å². The Balaban J connectivity index is 2.34. The number of hydrogen-bond acceptors (Lipinski definition) is 7. The maximum Gasteiger partial charge on any atom is 0.216 e. The summed E-state index contributed by atoms with van der Waals surface area (Å²) >= 11 is 0. The molecule has 0 unspecified atom stereocenters. The van der Waals surface area contributed by atoms with Crippen LogP contribution in [0.1, 0.15) is 5.82 Å². The number of hydrogen-bond donors (Lipinski definition) is 2. The molecule has 0 atom stereocenters. The van der Waals surface area contributed by atoms with Crippen LogP contribution in [-0.4, -0.2) is 35.3 Å². The molecule has 1 heterocycles. The number of H-pyrrole nitrogens is 1. The van der Waals surface area contributed by atoms with E-state index in [4.69, 9.17) is 5.26 Å². The summed E-state index contributed by atoms with van der Waals surface area (Å²) in [4.78, 5) is -0.0436. The second kappa shape index (κ2) is 5.68. The van der Waals surface area contributed by atoms with Gasteiger partial charge < -0.3 is 5.32 Å². The molecular formula is C11H9FN6O2S. The zero-order valence-electron chi connectivity index (χ0n) is 10.7. The van der Waals surface area contributed by atoms with Crippen molar-refractivity contribution in [3.63, 3.8) is 0 Å². The summed E-state index contributed by atoms with van der Waals surface area (Å²) in [6.45, 7) is 0. The van der Waals surface area contributed by atoms with Gasteiger partial charge in [0.1, 0.15) is 17.5 Å². The molecule has 21 heavy (non-hydrogen) atoms. The molecule has 1 aromatic heterocycles. The standard InChI is InChI=1S/C11H9FN6O2S/c1-21(19,20)8-2-3-9(12)10(4-8)14-6-7(5-13)11-15-17-18-16-11/h2-4,6,14H,1H3,(H,15,16,17,18). The van der Waals surface area contributed by atoms with Crippen molar-refractivity contribution in [3.05, 3.63) is 36.0 Å². The Morgan fingerprint density at radius 2 is 2.29 bits per heavy atom. The Hall–Kier alpha value is -2.80. The number of nitriles is 1. The van der Waals surface area contributed by atoms with Crippen molar-refractivity contribution in [2.24, 2.45) is 0 Å². The van der Waals surface area contributed by atoms with Gasteiger partial charge in [0.05, 0.1) is 10.6 Å². The molecule has 10 heteroatoms. The lowest BCUT2D eigenvalue weighted by molar-refractivity contribution is 0.600. The highest BCUT2D eigenvalue weighted by Gasteiger charge is 2.11. The topological polar surface area (TPSA) is 124 Å². The van der Waals surface area contributed by atoms with E-state index < -0.39 is 15.7 Å². The number of sulfone groups is 1. The highest BCUT2D eigenvalue weighted by Crippen LogP contribution is 2.20. The Morgan fingerprint density at radius 1 is 1.52 bits per heavy atom. The SMILES string of the molecule is CS(=O)(=O)c1ccc(F)c(NC=C(C#N)c2nn[nH]n2)c1. The van der Waals surface area contributed by atoms with Crippen molar-refractivity contribution in [1.82, 2.24) is 20.6 Å². The van der Waals surface area contributed by atoms with Crippen LogP contribution in [0.4, 0.5) is 10.1 Å². The molecule has 0 radical (unpaired) electrons. The highest BCUT2D eigenvalue weighted by molar-refractivity contribution is 7.90. The first-order valence-electron chi connectivity index (χ1n) is 5.52. The fourth-order valence-corrected chi connectivity index (χ4v) is 2.07. The fourth-order valence-electron chi connectivity index (χ4n) is 1.42. The molecule has 0 fully saturated rings. The first-order valence-corrected chi connectivity index (χ1v) is 7.41. The molecule has 2 aromatic rings. The van der Waals surface area contributed by atoms with Crippen molar-refractivity contribution in [3.8, 4) is 6.07 Å². The Kier molecular flexibility index (Phi) is 3.95. The van der Waals surface area contributed by atoms with Crippen molar-refractivity contribution in [1.29, 1.82) is 5.26 Å². The fraction of sp³-hybridized carbons (Fsp3) is 0.0909. The number of allylic oxidation sites excluding steroid dienone is 1. The minimum atomic E-state index is -3.46. The second-order valence-electron chi connectivity index (χ2n) is 3.96. The van der Waals surface area contributed by atoms with Gasteiger partial charge in [0.15, 0.2) is 9.84 Å². The van der Waals surface area contributed by atoms with E-state index in [1.165, 1.54) is 0 Å². The van der Waals surface area contributed by atoms with Gasteiger partial charge in [-0.1, -0.05) is 0 Å². The molecule has 8 nitrogen and oxygen atoms in total. The third-order valence-electron chi connectivity index (χ3n) is 2.44. The molecule has 0 bridgehead atoms. The van der Waals surface area contributed by atoms with Crippen LogP contribution in [0.15, 0.2) is 29.3 Å². The molecule has 0 saturated carbocycles. The average molecular weight is 308 g/mol. The number of aromatic nitrogens is 4. The lowest BCUT2D eigenvalue weighted by Crippen LogP contribution is -2.01. The van der Waals surface area contributed by atoms with Gasteiger partial charge >= 0.3 is 0 Å². The van der Waals surface area contributed by atoms with Crippen LogP contribution in [0.25, 0.3) is 5.57 Å². The number of anilines is 1. The zero-order chi connectivity index (χ0) is 15.5. The summed E-state index contributed by atoms with van der Waals surface area (Å²) in [5.74, 6) is -0.631. The molecule has 2 N–H and O–H groups in total. The number of benzene rings is 1. The van der Waals surface area contributed by atoms with E-state index >= 15 is 0 Å². The summed E-state index contributed by atoms with van der Waals surface area (Å²) < 4.78 is 36.5. The molecule has 108 valence electrons.